The highest BCUT2D eigenvalue weighted by molar-refractivity contribution is 6.31. The second-order valence-electron chi connectivity index (χ2n) is 8.70. The van der Waals surface area contributed by atoms with Gasteiger partial charge in [0.25, 0.3) is 5.91 Å². The van der Waals surface area contributed by atoms with Gasteiger partial charge in [-0.1, -0.05) is 54.1 Å². The molecule has 4 rings (SSSR count). The molecule has 0 saturated heterocycles. The molecule has 2 amide bonds. The Labute approximate surface area is 242 Å². The zero-order valence-electron chi connectivity index (χ0n) is 22.0. The van der Waals surface area contributed by atoms with E-state index in [-0.39, 0.29) is 18.1 Å². The van der Waals surface area contributed by atoms with Crippen LogP contribution in [0.5, 0.6) is 11.5 Å². The number of nitrogens with one attached hydrogen (secondary N) is 2. The van der Waals surface area contributed by atoms with Crippen LogP contribution in [0.4, 0.5) is 5.69 Å². The van der Waals surface area contributed by atoms with E-state index in [0.717, 1.165) is 11.1 Å². The number of halogens is 1. The summed E-state index contributed by atoms with van der Waals surface area (Å²) in [6, 6.07) is 27.7. The maximum absolute atomic E-state index is 12.6. The minimum absolute atomic E-state index is 0.160. The van der Waals surface area contributed by atoms with Gasteiger partial charge in [-0.15, -0.1) is 0 Å². The summed E-state index contributed by atoms with van der Waals surface area (Å²) in [7, 11) is 1.58. The second-order valence-corrected chi connectivity index (χ2v) is 9.13. The lowest BCUT2D eigenvalue weighted by atomic mass is 10.1. The van der Waals surface area contributed by atoms with E-state index in [1.54, 1.807) is 73.8 Å². The molecule has 0 heterocycles. The van der Waals surface area contributed by atoms with E-state index in [1.807, 2.05) is 30.3 Å². The molecule has 0 unspecified atom stereocenters. The van der Waals surface area contributed by atoms with Gasteiger partial charge in [-0.05, 0) is 71.8 Å². The second kappa shape index (κ2) is 14.3. The fourth-order valence-electron chi connectivity index (χ4n) is 3.65. The summed E-state index contributed by atoms with van der Waals surface area (Å²) in [6.45, 7) is 0. The van der Waals surface area contributed by atoms with E-state index < -0.39 is 11.9 Å². The minimum Gasteiger partial charge on any atom is -0.497 e. The number of rotatable bonds is 10. The van der Waals surface area contributed by atoms with Crippen molar-refractivity contribution in [1.29, 1.82) is 0 Å². The molecule has 9 heteroatoms. The lowest BCUT2D eigenvalue weighted by molar-refractivity contribution is -0.128. The molecule has 41 heavy (non-hydrogen) atoms. The smallest absolute Gasteiger partial charge is 0.336 e. The van der Waals surface area contributed by atoms with Crippen molar-refractivity contribution < 1.29 is 23.9 Å². The Balaban J connectivity index is 1.33. The summed E-state index contributed by atoms with van der Waals surface area (Å²) in [5.41, 5.74) is 5.43. The summed E-state index contributed by atoms with van der Waals surface area (Å²) < 4.78 is 10.6. The fourth-order valence-corrected chi connectivity index (χ4v) is 3.83. The van der Waals surface area contributed by atoms with E-state index in [0.29, 0.717) is 27.6 Å². The van der Waals surface area contributed by atoms with Crippen LogP contribution in [0.1, 0.15) is 27.0 Å². The first-order chi connectivity index (χ1) is 19.9. The van der Waals surface area contributed by atoms with Gasteiger partial charge in [-0.2, -0.15) is 5.10 Å². The third-order valence-electron chi connectivity index (χ3n) is 5.72. The number of methoxy groups -OCH3 is 1. The number of hydrazone groups is 1. The number of hydrogen-bond acceptors (Lipinski definition) is 6. The van der Waals surface area contributed by atoms with Gasteiger partial charge in [-0.3, -0.25) is 9.59 Å². The average molecular weight is 568 g/mol. The van der Waals surface area contributed by atoms with Crippen LogP contribution in [-0.2, 0) is 16.0 Å². The normalized spacial score (nSPS) is 10.9. The Morgan fingerprint density at radius 3 is 2.34 bits per heavy atom. The van der Waals surface area contributed by atoms with Crippen molar-refractivity contribution in [2.24, 2.45) is 5.10 Å². The minimum atomic E-state index is -0.599. The van der Waals surface area contributed by atoms with Gasteiger partial charge in [0.2, 0.25) is 5.91 Å². The van der Waals surface area contributed by atoms with Gasteiger partial charge in [0.05, 0.1) is 19.7 Å². The van der Waals surface area contributed by atoms with Crippen molar-refractivity contribution in [3.8, 4) is 11.5 Å². The van der Waals surface area contributed by atoms with Crippen LogP contribution in [0.25, 0.3) is 6.08 Å². The van der Waals surface area contributed by atoms with Crippen molar-refractivity contribution in [2.45, 2.75) is 6.42 Å². The third-order valence-corrected chi connectivity index (χ3v) is 5.95. The van der Waals surface area contributed by atoms with E-state index in [2.05, 4.69) is 15.8 Å². The predicted octanol–water partition coefficient (Wildman–Crippen LogP) is 5.91. The van der Waals surface area contributed by atoms with Crippen molar-refractivity contribution in [3.63, 3.8) is 0 Å². The standard InChI is InChI=1S/C32H26ClN3O5/c1-40-28-15-7-22(8-16-28)9-18-31(38)41-29-17-12-26(33)20-25(29)21-34-36-32(39)24-10-13-27(14-11-24)35-30(37)19-23-5-3-2-4-6-23/h2-18,20-21H,19H2,1H3,(H,35,37)(H,36,39)/b18-9+,34-21+. The SMILES string of the molecule is COc1ccc(/C=C/C(=O)Oc2ccc(Cl)cc2/C=N/NC(=O)c2ccc(NC(=O)Cc3ccccc3)cc2)cc1. The molecule has 2 N–H and O–H groups in total. The molecule has 0 aliphatic heterocycles. The average Bonchev–Trinajstić information content (AvgIpc) is 2.98. The summed E-state index contributed by atoms with van der Waals surface area (Å²) in [6.07, 6.45) is 4.49. The maximum Gasteiger partial charge on any atom is 0.336 e. The van der Waals surface area contributed by atoms with E-state index >= 15 is 0 Å². The van der Waals surface area contributed by atoms with Crippen molar-refractivity contribution in [1.82, 2.24) is 5.43 Å². The number of benzene rings is 4. The molecule has 0 atom stereocenters. The van der Waals surface area contributed by atoms with Gasteiger partial charge in [0.15, 0.2) is 0 Å². The number of amides is 2. The van der Waals surface area contributed by atoms with Crippen LogP contribution in [0.2, 0.25) is 5.02 Å². The van der Waals surface area contributed by atoms with Crippen LogP contribution in [-0.4, -0.2) is 31.1 Å². The zero-order chi connectivity index (χ0) is 29.0. The predicted molar refractivity (Wildman–Crippen MR) is 159 cm³/mol. The molecule has 0 fully saturated rings. The Morgan fingerprint density at radius 1 is 0.902 bits per heavy atom. The number of nitrogens with zero attached hydrogens (tertiary/aromatic N) is 1. The summed E-state index contributed by atoms with van der Waals surface area (Å²) in [5, 5.41) is 7.19. The molecule has 206 valence electrons. The first-order valence-electron chi connectivity index (χ1n) is 12.5. The number of esters is 1. The molecule has 0 bridgehead atoms. The Kier molecular flexibility index (Phi) is 10.0. The number of carbonyl (C=O) groups excluding carboxylic acids is 3. The van der Waals surface area contributed by atoms with Crippen molar-refractivity contribution >= 4 is 47.4 Å². The van der Waals surface area contributed by atoms with Crippen LogP contribution >= 0.6 is 11.6 Å². The monoisotopic (exact) mass is 567 g/mol. The lowest BCUT2D eigenvalue weighted by Gasteiger charge is -2.07. The zero-order valence-corrected chi connectivity index (χ0v) is 22.8. The quantitative estimate of drug-likeness (QED) is 0.0814. The number of carbonyl (C=O) groups is 3. The molecule has 0 aliphatic rings. The number of anilines is 1. The van der Waals surface area contributed by atoms with Crippen molar-refractivity contribution in [3.05, 3.63) is 130 Å². The topological polar surface area (TPSA) is 106 Å². The van der Waals surface area contributed by atoms with Gasteiger partial charge in [-0.25, -0.2) is 10.2 Å². The van der Waals surface area contributed by atoms with E-state index in [4.69, 9.17) is 21.1 Å². The van der Waals surface area contributed by atoms with E-state index in [9.17, 15) is 14.4 Å². The fraction of sp³-hybridized carbons (Fsp3) is 0.0625. The first-order valence-corrected chi connectivity index (χ1v) is 12.9. The molecule has 4 aromatic carbocycles. The molecule has 0 aromatic heterocycles. The Hall–Kier alpha value is -5.21. The molecular weight excluding hydrogens is 542 g/mol. The van der Waals surface area contributed by atoms with E-state index in [1.165, 1.54) is 18.4 Å². The highest BCUT2D eigenvalue weighted by atomic mass is 35.5. The highest BCUT2D eigenvalue weighted by Crippen LogP contribution is 2.22. The summed E-state index contributed by atoms with van der Waals surface area (Å²) in [5.74, 6) is -0.300. The summed E-state index contributed by atoms with van der Waals surface area (Å²) >= 11 is 6.11. The van der Waals surface area contributed by atoms with Gasteiger partial charge >= 0.3 is 5.97 Å². The molecule has 0 spiro atoms. The molecular formula is C32H26ClN3O5. The Morgan fingerprint density at radius 2 is 1.63 bits per heavy atom. The maximum atomic E-state index is 12.6. The number of ether oxygens (including phenoxy) is 2. The summed E-state index contributed by atoms with van der Waals surface area (Å²) in [4.78, 5) is 37.2. The van der Waals surface area contributed by atoms with Gasteiger partial charge < -0.3 is 14.8 Å². The molecule has 4 aromatic rings. The molecule has 8 nitrogen and oxygen atoms in total. The van der Waals surface area contributed by atoms with Crippen LogP contribution in [0, 0.1) is 0 Å². The molecule has 0 saturated carbocycles. The van der Waals surface area contributed by atoms with Gasteiger partial charge in [0, 0.05) is 27.9 Å². The van der Waals surface area contributed by atoms with Crippen LogP contribution < -0.4 is 20.2 Å². The largest absolute Gasteiger partial charge is 0.497 e. The number of hydrogen-bond donors (Lipinski definition) is 2. The highest BCUT2D eigenvalue weighted by Gasteiger charge is 2.09. The van der Waals surface area contributed by atoms with Gasteiger partial charge in [0.1, 0.15) is 11.5 Å². The van der Waals surface area contributed by atoms with Crippen LogP contribution in [0.15, 0.2) is 108 Å². The first kappa shape index (κ1) is 28.8. The Bertz CT molecular complexity index is 1570. The lowest BCUT2D eigenvalue weighted by Crippen LogP contribution is -2.18. The van der Waals surface area contributed by atoms with Crippen molar-refractivity contribution in [2.75, 3.05) is 12.4 Å². The molecule has 0 aliphatic carbocycles. The third kappa shape index (κ3) is 8.91. The van der Waals surface area contributed by atoms with Crippen LogP contribution in [0.3, 0.4) is 0 Å². The molecule has 0 radical (unpaired) electrons.